The zero-order valence-corrected chi connectivity index (χ0v) is 21.1. The summed E-state index contributed by atoms with van der Waals surface area (Å²) in [4.78, 5) is 23.6. The fourth-order valence-electron chi connectivity index (χ4n) is 4.10. The van der Waals surface area contributed by atoms with Crippen molar-refractivity contribution in [2.45, 2.75) is 51.6 Å². The molecule has 180 valence electrons. The number of hydrogen-bond donors (Lipinski definition) is 1. The lowest BCUT2D eigenvalue weighted by Crippen LogP contribution is -2.19. The van der Waals surface area contributed by atoms with Gasteiger partial charge in [-0.2, -0.15) is 0 Å². The topological polar surface area (TPSA) is 85.7 Å². The predicted molar refractivity (Wildman–Crippen MR) is 141 cm³/mol. The normalized spacial score (nSPS) is 14.1. The molecule has 0 spiro atoms. The van der Waals surface area contributed by atoms with E-state index in [0.29, 0.717) is 22.2 Å². The van der Waals surface area contributed by atoms with E-state index in [-0.39, 0.29) is 6.10 Å². The molecule has 0 saturated heterocycles. The second kappa shape index (κ2) is 11.1. The molecule has 9 heteroatoms. The van der Waals surface area contributed by atoms with E-state index < -0.39 is 0 Å². The molecule has 3 heterocycles. The molecule has 0 atom stereocenters. The highest BCUT2D eigenvalue weighted by molar-refractivity contribution is 7.18. The van der Waals surface area contributed by atoms with Gasteiger partial charge < -0.3 is 10.1 Å². The van der Waals surface area contributed by atoms with E-state index in [4.69, 9.17) is 26.3 Å². The summed E-state index contributed by atoms with van der Waals surface area (Å²) in [5.74, 6) is 1.28. The van der Waals surface area contributed by atoms with Crippen LogP contribution in [0, 0.1) is 0 Å². The summed E-state index contributed by atoms with van der Waals surface area (Å²) in [6.45, 7) is 3.00. The molecule has 4 aromatic rings. The molecule has 1 aromatic carbocycles. The standard InChI is InChI=1S/C26H27ClN6OS/c1-2-10-30-26-31-16-24(35-26)22-14-21(32-25(33-22)23-15-28-11-12-29-23)19-9-8-18(13-20(19)27)34-17-6-4-3-5-7-17/h8-9,11-17H,2-7,10H2,1H3,(H,30,31). The zero-order chi connectivity index (χ0) is 24.0. The quantitative estimate of drug-likeness (QED) is 0.278. The maximum atomic E-state index is 6.75. The Labute approximate surface area is 214 Å². The highest BCUT2D eigenvalue weighted by Gasteiger charge is 2.18. The van der Waals surface area contributed by atoms with Crippen LogP contribution in [0.3, 0.4) is 0 Å². The average Bonchev–Trinajstić information content (AvgIpc) is 3.38. The number of nitrogens with one attached hydrogen (secondary N) is 1. The van der Waals surface area contributed by atoms with Crippen molar-refractivity contribution in [2.24, 2.45) is 0 Å². The number of anilines is 1. The van der Waals surface area contributed by atoms with Gasteiger partial charge in [0.05, 0.1) is 33.6 Å². The molecule has 1 fully saturated rings. The number of benzene rings is 1. The van der Waals surface area contributed by atoms with Gasteiger partial charge in [0.2, 0.25) is 0 Å². The van der Waals surface area contributed by atoms with Crippen molar-refractivity contribution >= 4 is 28.1 Å². The number of aromatic nitrogens is 5. The molecular formula is C26H27ClN6OS. The highest BCUT2D eigenvalue weighted by Crippen LogP contribution is 2.36. The van der Waals surface area contributed by atoms with Crippen molar-refractivity contribution in [3.63, 3.8) is 0 Å². The van der Waals surface area contributed by atoms with Crippen molar-refractivity contribution in [2.75, 3.05) is 11.9 Å². The molecule has 1 N–H and O–H groups in total. The fourth-order valence-corrected chi connectivity index (χ4v) is 5.17. The van der Waals surface area contributed by atoms with E-state index in [1.165, 1.54) is 19.3 Å². The third-order valence-corrected chi connectivity index (χ3v) is 7.16. The van der Waals surface area contributed by atoms with E-state index in [0.717, 1.165) is 52.8 Å². The second-order valence-electron chi connectivity index (χ2n) is 8.53. The fraction of sp³-hybridized carbons (Fsp3) is 0.346. The van der Waals surface area contributed by atoms with Crippen molar-refractivity contribution in [1.29, 1.82) is 0 Å². The maximum absolute atomic E-state index is 6.75. The molecule has 1 aliphatic carbocycles. The maximum Gasteiger partial charge on any atom is 0.183 e. The number of ether oxygens (including phenoxy) is 1. The van der Waals surface area contributed by atoms with E-state index in [1.54, 1.807) is 29.9 Å². The molecular weight excluding hydrogens is 480 g/mol. The summed E-state index contributed by atoms with van der Waals surface area (Å²) in [5, 5.41) is 4.78. The molecule has 1 saturated carbocycles. The van der Waals surface area contributed by atoms with E-state index in [9.17, 15) is 0 Å². The van der Waals surface area contributed by atoms with Crippen molar-refractivity contribution in [1.82, 2.24) is 24.9 Å². The number of nitrogens with zero attached hydrogens (tertiary/aromatic N) is 5. The van der Waals surface area contributed by atoms with Crippen molar-refractivity contribution in [3.8, 4) is 39.1 Å². The number of halogens is 1. The molecule has 1 aliphatic rings. The third-order valence-electron chi connectivity index (χ3n) is 5.87. The lowest BCUT2D eigenvalue weighted by atomic mass is 9.98. The Kier molecular flexibility index (Phi) is 7.49. The van der Waals surface area contributed by atoms with Crippen LogP contribution >= 0.6 is 22.9 Å². The minimum atomic E-state index is 0.265. The molecule has 0 unspecified atom stereocenters. The lowest BCUT2D eigenvalue weighted by Gasteiger charge is -2.23. The Balaban J connectivity index is 1.50. The van der Waals surface area contributed by atoms with Gasteiger partial charge in [-0.25, -0.2) is 19.9 Å². The van der Waals surface area contributed by atoms with Gasteiger partial charge in [-0.3, -0.25) is 4.98 Å². The number of hydrogen-bond acceptors (Lipinski definition) is 8. The molecule has 7 nitrogen and oxygen atoms in total. The summed E-state index contributed by atoms with van der Waals surface area (Å²) in [6.07, 6.45) is 14.0. The summed E-state index contributed by atoms with van der Waals surface area (Å²) in [5.41, 5.74) is 2.88. The smallest absolute Gasteiger partial charge is 0.183 e. The molecule has 35 heavy (non-hydrogen) atoms. The van der Waals surface area contributed by atoms with Crippen LogP contribution in [0.1, 0.15) is 45.4 Å². The SMILES string of the molecule is CCCNc1ncc(-c2cc(-c3ccc(OC4CCCCC4)cc3Cl)nc(-c3cnccn3)n2)s1. The first-order chi connectivity index (χ1) is 17.2. The van der Waals surface area contributed by atoms with Gasteiger partial charge in [0.1, 0.15) is 11.4 Å². The van der Waals surface area contributed by atoms with Gasteiger partial charge in [0.15, 0.2) is 11.0 Å². The van der Waals surface area contributed by atoms with Crippen LogP contribution in [-0.4, -0.2) is 37.6 Å². The summed E-state index contributed by atoms with van der Waals surface area (Å²) >= 11 is 8.31. The van der Waals surface area contributed by atoms with Crippen LogP contribution in [0.4, 0.5) is 5.13 Å². The molecule has 3 aromatic heterocycles. The van der Waals surface area contributed by atoms with Gasteiger partial charge >= 0.3 is 0 Å². The van der Waals surface area contributed by atoms with Crippen LogP contribution in [0.25, 0.3) is 33.3 Å². The van der Waals surface area contributed by atoms with Crippen LogP contribution in [0.2, 0.25) is 5.02 Å². The van der Waals surface area contributed by atoms with E-state index in [1.807, 2.05) is 30.5 Å². The molecule has 0 radical (unpaired) electrons. The summed E-state index contributed by atoms with van der Waals surface area (Å²) < 4.78 is 6.20. The van der Waals surface area contributed by atoms with Gasteiger partial charge in [-0.1, -0.05) is 36.3 Å². The average molecular weight is 507 g/mol. The second-order valence-corrected chi connectivity index (χ2v) is 9.97. The lowest BCUT2D eigenvalue weighted by molar-refractivity contribution is 0.155. The largest absolute Gasteiger partial charge is 0.490 e. The first-order valence-corrected chi connectivity index (χ1v) is 13.2. The van der Waals surface area contributed by atoms with Crippen LogP contribution in [-0.2, 0) is 0 Å². The Bertz CT molecular complexity index is 1280. The first kappa shape index (κ1) is 23.6. The number of rotatable bonds is 8. The van der Waals surface area contributed by atoms with Gasteiger partial charge in [-0.05, 0) is 56.4 Å². The van der Waals surface area contributed by atoms with Gasteiger partial charge in [-0.15, -0.1) is 0 Å². The molecule has 0 bridgehead atoms. The Hall–Kier alpha value is -3.10. The first-order valence-electron chi connectivity index (χ1n) is 12.0. The Morgan fingerprint density at radius 3 is 2.63 bits per heavy atom. The minimum Gasteiger partial charge on any atom is -0.490 e. The highest BCUT2D eigenvalue weighted by atomic mass is 35.5. The molecule has 5 rings (SSSR count). The molecule has 0 amide bonds. The van der Waals surface area contributed by atoms with Crippen LogP contribution < -0.4 is 10.1 Å². The van der Waals surface area contributed by atoms with Crippen molar-refractivity contribution in [3.05, 3.63) is 54.1 Å². The third kappa shape index (κ3) is 5.77. The Morgan fingerprint density at radius 1 is 1.00 bits per heavy atom. The monoisotopic (exact) mass is 506 g/mol. The number of thiazole rings is 1. The van der Waals surface area contributed by atoms with Crippen LogP contribution in [0.5, 0.6) is 5.75 Å². The minimum absolute atomic E-state index is 0.265. The van der Waals surface area contributed by atoms with Gasteiger partial charge in [0.25, 0.3) is 0 Å². The van der Waals surface area contributed by atoms with E-state index in [2.05, 4.69) is 27.2 Å². The molecule has 0 aliphatic heterocycles. The predicted octanol–water partition coefficient (Wildman–Crippen LogP) is 6.91. The Morgan fingerprint density at radius 2 is 1.86 bits per heavy atom. The van der Waals surface area contributed by atoms with E-state index >= 15 is 0 Å². The summed E-state index contributed by atoms with van der Waals surface area (Å²) in [6, 6.07) is 7.77. The van der Waals surface area contributed by atoms with Crippen LogP contribution in [0.15, 0.2) is 49.1 Å². The summed E-state index contributed by atoms with van der Waals surface area (Å²) in [7, 11) is 0. The zero-order valence-electron chi connectivity index (χ0n) is 19.6. The van der Waals surface area contributed by atoms with Gasteiger partial charge in [0, 0.05) is 30.7 Å². The van der Waals surface area contributed by atoms with Crippen molar-refractivity contribution < 1.29 is 4.74 Å².